The van der Waals surface area contributed by atoms with E-state index in [1.807, 2.05) is 24.0 Å². The number of nitrogens with two attached hydrogens (primary N) is 1. The van der Waals surface area contributed by atoms with Gasteiger partial charge in [0.25, 0.3) is 0 Å². The van der Waals surface area contributed by atoms with E-state index in [2.05, 4.69) is 0 Å². The summed E-state index contributed by atoms with van der Waals surface area (Å²) in [5.41, 5.74) is 7.44. The molecule has 0 aliphatic carbocycles. The molecule has 1 aromatic rings. The second kappa shape index (κ2) is 4.68. The SMILES string of the molecule is COc1cccc(N2CCS(=O)(=O)CC2C)c1N. The Morgan fingerprint density at radius 3 is 2.78 bits per heavy atom. The van der Waals surface area contributed by atoms with Crippen LogP contribution in [0.2, 0.25) is 0 Å². The van der Waals surface area contributed by atoms with E-state index in [0.29, 0.717) is 18.0 Å². The van der Waals surface area contributed by atoms with Gasteiger partial charge in [-0.25, -0.2) is 8.42 Å². The first kappa shape index (κ1) is 13.0. The number of hydrogen-bond acceptors (Lipinski definition) is 5. The van der Waals surface area contributed by atoms with Crippen LogP contribution in [0.25, 0.3) is 0 Å². The Morgan fingerprint density at radius 2 is 2.17 bits per heavy atom. The quantitative estimate of drug-likeness (QED) is 0.808. The van der Waals surface area contributed by atoms with Crippen molar-refractivity contribution in [2.75, 3.05) is 35.8 Å². The van der Waals surface area contributed by atoms with Crippen molar-refractivity contribution in [2.24, 2.45) is 0 Å². The van der Waals surface area contributed by atoms with E-state index in [-0.39, 0.29) is 17.5 Å². The molecule has 0 aromatic heterocycles. The van der Waals surface area contributed by atoms with E-state index >= 15 is 0 Å². The van der Waals surface area contributed by atoms with Crippen molar-refractivity contribution in [3.05, 3.63) is 18.2 Å². The Balaban J connectivity index is 2.33. The fraction of sp³-hybridized carbons (Fsp3) is 0.500. The van der Waals surface area contributed by atoms with Gasteiger partial charge in [-0.2, -0.15) is 0 Å². The summed E-state index contributed by atoms with van der Waals surface area (Å²) >= 11 is 0. The van der Waals surface area contributed by atoms with Gasteiger partial charge in [-0.1, -0.05) is 6.07 Å². The Kier molecular flexibility index (Phi) is 3.38. The predicted molar refractivity (Wildman–Crippen MR) is 72.9 cm³/mol. The van der Waals surface area contributed by atoms with Crippen LogP contribution in [0.4, 0.5) is 11.4 Å². The topological polar surface area (TPSA) is 72.6 Å². The second-order valence-corrected chi connectivity index (χ2v) is 6.78. The van der Waals surface area contributed by atoms with Gasteiger partial charge in [-0.3, -0.25) is 0 Å². The normalized spacial score (nSPS) is 22.8. The zero-order valence-corrected chi connectivity index (χ0v) is 11.4. The molecule has 18 heavy (non-hydrogen) atoms. The lowest BCUT2D eigenvalue weighted by Gasteiger charge is -2.36. The highest BCUT2D eigenvalue weighted by atomic mass is 32.2. The molecule has 0 bridgehead atoms. The minimum atomic E-state index is -2.92. The van der Waals surface area contributed by atoms with Crippen molar-refractivity contribution < 1.29 is 13.2 Å². The first-order valence-corrected chi connectivity index (χ1v) is 7.66. The summed E-state index contributed by atoms with van der Waals surface area (Å²) in [6.45, 7) is 2.37. The van der Waals surface area contributed by atoms with Crippen LogP contribution in [0.1, 0.15) is 6.92 Å². The molecule has 0 radical (unpaired) electrons. The zero-order valence-electron chi connectivity index (χ0n) is 10.6. The number of ether oxygens (including phenoxy) is 1. The Labute approximate surface area is 107 Å². The number of nitrogen functional groups attached to an aromatic ring is 1. The molecule has 0 spiro atoms. The highest BCUT2D eigenvalue weighted by Crippen LogP contribution is 2.34. The van der Waals surface area contributed by atoms with Gasteiger partial charge in [0.05, 0.1) is 30.0 Å². The van der Waals surface area contributed by atoms with E-state index in [9.17, 15) is 8.42 Å². The van der Waals surface area contributed by atoms with E-state index in [1.54, 1.807) is 13.2 Å². The molecular formula is C12H18N2O3S. The van der Waals surface area contributed by atoms with Crippen molar-refractivity contribution in [1.29, 1.82) is 0 Å². The first-order valence-electron chi connectivity index (χ1n) is 5.84. The molecule has 1 saturated heterocycles. The van der Waals surface area contributed by atoms with Crippen LogP contribution < -0.4 is 15.4 Å². The van der Waals surface area contributed by atoms with Crippen molar-refractivity contribution in [1.82, 2.24) is 0 Å². The molecule has 1 heterocycles. The highest BCUT2D eigenvalue weighted by molar-refractivity contribution is 7.91. The summed E-state index contributed by atoms with van der Waals surface area (Å²) in [7, 11) is -1.35. The average Bonchev–Trinajstić information content (AvgIpc) is 2.29. The van der Waals surface area contributed by atoms with Crippen LogP contribution >= 0.6 is 0 Å². The molecule has 1 aromatic carbocycles. The molecule has 2 rings (SSSR count). The molecule has 0 amide bonds. The van der Waals surface area contributed by atoms with Gasteiger partial charge in [0, 0.05) is 12.6 Å². The monoisotopic (exact) mass is 270 g/mol. The van der Waals surface area contributed by atoms with Crippen molar-refractivity contribution in [3.63, 3.8) is 0 Å². The third-order valence-corrected chi connectivity index (χ3v) is 5.04. The number of hydrogen-bond donors (Lipinski definition) is 1. The number of benzene rings is 1. The highest BCUT2D eigenvalue weighted by Gasteiger charge is 2.29. The fourth-order valence-electron chi connectivity index (χ4n) is 2.32. The summed E-state index contributed by atoms with van der Waals surface area (Å²) < 4.78 is 28.3. The number of para-hydroxylation sites is 1. The molecular weight excluding hydrogens is 252 g/mol. The number of nitrogens with zero attached hydrogens (tertiary/aromatic N) is 1. The maximum Gasteiger partial charge on any atom is 0.154 e. The van der Waals surface area contributed by atoms with Gasteiger partial charge in [-0.15, -0.1) is 0 Å². The van der Waals surface area contributed by atoms with E-state index in [4.69, 9.17) is 10.5 Å². The maximum atomic E-state index is 11.6. The molecule has 2 N–H and O–H groups in total. The molecule has 1 fully saturated rings. The Bertz CT molecular complexity index is 542. The molecule has 5 nitrogen and oxygen atoms in total. The fourth-order valence-corrected chi connectivity index (χ4v) is 3.87. The Hall–Kier alpha value is -1.43. The van der Waals surface area contributed by atoms with Crippen molar-refractivity contribution in [2.45, 2.75) is 13.0 Å². The van der Waals surface area contributed by atoms with Crippen LogP contribution in [0.5, 0.6) is 5.75 Å². The lowest BCUT2D eigenvalue weighted by molar-refractivity contribution is 0.417. The average molecular weight is 270 g/mol. The molecule has 1 unspecified atom stereocenters. The minimum Gasteiger partial charge on any atom is -0.495 e. The number of anilines is 2. The molecule has 1 aliphatic rings. The van der Waals surface area contributed by atoms with Crippen LogP contribution in [-0.4, -0.2) is 39.6 Å². The van der Waals surface area contributed by atoms with Gasteiger partial charge >= 0.3 is 0 Å². The number of sulfone groups is 1. The van der Waals surface area contributed by atoms with Gasteiger partial charge in [0.15, 0.2) is 9.84 Å². The van der Waals surface area contributed by atoms with Crippen molar-refractivity contribution in [3.8, 4) is 5.75 Å². The lowest BCUT2D eigenvalue weighted by Crippen LogP contribution is -2.47. The van der Waals surface area contributed by atoms with Crippen LogP contribution in [0.15, 0.2) is 18.2 Å². The summed E-state index contributed by atoms with van der Waals surface area (Å²) in [6.07, 6.45) is 0. The van der Waals surface area contributed by atoms with Crippen LogP contribution in [0, 0.1) is 0 Å². The second-order valence-electron chi connectivity index (χ2n) is 4.55. The van der Waals surface area contributed by atoms with Gasteiger partial charge in [-0.05, 0) is 19.1 Å². The van der Waals surface area contributed by atoms with Crippen LogP contribution in [0.3, 0.4) is 0 Å². The zero-order chi connectivity index (χ0) is 13.3. The van der Waals surface area contributed by atoms with Gasteiger partial charge in [0.1, 0.15) is 5.75 Å². The molecule has 1 aliphatic heterocycles. The molecule has 0 saturated carbocycles. The first-order chi connectivity index (χ1) is 8.44. The molecule has 6 heteroatoms. The number of methoxy groups -OCH3 is 1. The lowest BCUT2D eigenvalue weighted by atomic mass is 10.2. The van der Waals surface area contributed by atoms with Gasteiger partial charge in [0.2, 0.25) is 0 Å². The summed E-state index contributed by atoms with van der Waals surface area (Å²) in [4.78, 5) is 2.03. The van der Waals surface area contributed by atoms with E-state index in [0.717, 1.165) is 5.69 Å². The van der Waals surface area contributed by atoms with Crippen LogP contribution in [-0.2, 0) is 9.84 Å². The smallest absolute Gasteiger partial charge is 0.154 e. The molecule has 100 valence electrons. The third kappa shape index (κ3) is 2.38. The summed E-state index contributed by atoms with van der Waals surface area (Å²) in [5, 5.41) is 0. The standard InChI is InChI=1S/C12H18N2O3S/c1-9-8-18(15,16)7-6-14(9)10-4-3-5-11(17-2)12(10)13/h3-5,9H,6-8,13H2,1-2H3. The largest absolute Gasteiger partial charge is 0.495 e. The van der Waals surface area contributed by atoms with E-state index in [1.165, 1.54) is 0 Å². The van der Waals surface area contributed by atoms with Crippen molar-refractivity contribution >= 4 is 21.2 Å². The third-order valence-electron chi connectivity index (χ3n) is 3.24. The maximum absolute atomic E-state index is 11.6. The summed E-state index contributed by atoms with van der Waals surface area (Å²) in [5.74, 6) is 0.964. The summed E-state index contributed by atoms with van der Waals surface area (Å²) in [6, 6.07) is 5.48. The minimum absolute atomic E-state index is 0.0712. The predicted octanol–water partition coefficient (Wildman–Crippen LogP) is 0.901. The van der Waals surface area contributed by atoms with Gasteiger partial charge < -0.3 is 15.4 Å². The Morgan fingerprint density at radius 1 is 1.44 bits per heavy atom. The van der Waals surface area contributed by atoms with E-state index < -0.39 is 9.84 Å². The number of rotatable bonds is 2. The molecule has 1 atom stereocenters.